The van der Waals surface area contributed by atoms with E-state index in [-0.39, 0.29) is 12.5 Å². The van der Waals surface area contributed by atoms with E-state index >= 15 is 0 Å². The lowest BCUT2D eigenvalue weighted by Crippen LogP contribution is -2.63. The van der Waals surface area contributed by atoms with Crippen molar-refractivity contribution in [2.24, 2.45) is 5.92 Å². The first kappa shape index (κ1) is 22.8. The van der Waals surface area contributed by atoms with Crippen molar-refractivity contribution < 1.29 is 47.6 Å². The van der Waals surface area contributed by atoms with Crippen LogP contribution in [0.25, 0.3) is 0 Å². The van der Waals surface area contributed by atoms with Crippen LogP contribution >= 0.6 is 0 Å². The smallest absolute Gasteiger partial charge is 0.339 e. The monoisotopic (exact) mass is 390 g/mol. The zero-order valence-electron chi connectivity index (χ0n) is 16.3. The van der Waals surface area contributed by atoms with E-state index in [1.807, 2.05) is 13.8 Å². The molecule has 0 N–H and O–H groups in total. The van der Waals surface area contributed by atoms with Crippen LogP contribution in [-0.4, -0.2) is 68.3 Å². The maximum atomic E-state index is 12.2. The first-order chi connectivity index (χ1) is 12.6. The fourth-order valence-corrected chi connectivity index (χ4v) is 2.50. The van der Waals surface area contributed by atoms with Crippen LogP contribution in [-0.2, 0) is 47.6 Å². The fraction of sp³-hybridized carbons (Fsp3) is 0.765. The molecule has 0 bridgehead atoms. The molecular weight excluding hydrogens is 364 g/mol. The van der Waals surface area contributed by atoms with Gasteiger partial charge in [0.05, 0.1) is 13.7 Å². The van der Waals surface area contributed by atoms with Gasteiger partial charge in [0.1, 0.15) is 0 Å². The Kier molecular flexibility index (Phi) is 8.64. The van der Waals surface area contributed by atoms with Crippen molar-refractivity contribution in [3.63, 3.8) is 0 Å². The van der Waals surface area contributed by atoms with Gasteiger partial charge in [-0.2, -0.15) is 0 Å². The van der Waals surface area contributed by atoms with Gasteiger partial charge in [-0.1, -0.05) is 13.8 Å². The maximum Gasteiger partial charge on any atom is 0.339 e. The number of carbonyl (C=O) groups excluding carboxylic acids is 4. The second-order valence-electron chi connectivity index (χ2n) is 6.40. The van der Waals surface area contributed by atoms with Gasteiger partial charge in [0.25, 0.3) is 0 Å². The van der Waals surface area contributed by atoms with Gasteiger partial charge in [0.2, 0.25) is 0 Å². The summed E-state index contributed by atoms with van der Waals surface area (Å²) < 4.78 is 31.5. The number of methoxy groups -OCH3 is 1. The average molecular weight is 390 g/mol. The van der Waals surface area contributed by atoms with Crippen molar-refractivity contribution in [2.75, 3.05) is 13.7 Å². The van der Waals surface area contributed by atoms with Gasteiger partial charge in [-0.3, -0.25) is 14.4 Å². The summed E-state index contributed by atoms with van der Waals surface area (Å²) in [6.07, 6.45) is -6.65. The van der Waals surface area contributed by atoms with E-state index in [2.05, 4.69) is 4.74 Å². The third-order valence-corrected chi connectivity index (χ3v) is 3.43. The Bertz CT molecular complexity index is 558. The highest BCUT2D eigenvalue weighted by molar-refractivity contribution is 5.77. The van der Waals surface area contributed by atoms with Gasteiger partial charge in [0, 0.05) is 20.8 Å². The lowest BCUT2D eigenvalue weighted by molar-refractivity contribution is -0.303. The standard InChI is InChI=1S/C17H26O10/c1-8(2)7-23-17-15(26-11(5)20)13(25-10(4)19)12(24-9(3)18)14(27-17)16(21)22-6/h8,12-15,17H,7H2,1-6H3. The van der Waals surface area contributed by atoms with Crippen LogP contribution in [0.2, 0.25) is 0 Å². The topological polar surface area (TPSA) is 124 Å². The molecule has 10 heteroatoms. The SMILES string of the molecule is COC(=O)C1OC(OCC(C)C)C(OC(C)=O)C(OC(C)=O)C1OC(C)=O. The molecule has 0 aliphatic carbocycles. The van der Waals surface area contributed by atoms with Crippen molar-refractivity contribution >= 4 is 23.9 Å². The molecule has 0 aromatic heterocycles. The number of esters is 4. The Hall–Kier alpha value is -2.20. The summed E-state index contributed by atoms with van der Waals surface area (Å²) in [5, 5.41) is 0. The van der Waals surface area contributed by atoms with Crippen molar-refractivity contribution in [1.29, 1.82) is 0 Å². The molecular formula is C17H26O10. The van der Waals surface area contributed by atoms with Crippen molar-refractivity contribution in [1.82, 2.24) is 0 Å². The molecule has 5 atom stereocenters. The van der Waals surface area contributed by atoms with Crippen LogP contribution in [0.1, 0.15) is 34.6 Å². The van der Waals surface area contributed by atoms with E-state index in [1.165, 1.54) is 0 Å². The lowest BCUT2D eigenvalue weighted by Gasteiger charge is -2.43. The number of rotatable bonds is 7. The molecule has 0 aromatic rings. The minimum absolute atomic E-state index is 0.0986. The van der Waals surface area contributed by atoms with E-state index < -0.39 is 54.6 Å². The summed E-state index contributed by atoms with van der Waals surface area (Å²) in [6.45, 7) is 7.36. The number of hydrogen-bond donors (Lipinski definition) is 0. The summed E-state index contributed by atoms with van der Waals surface area (Å²) in [5.74, 6) is -2.95. The third kappa shape index (κ3) is 6.79. The molecule has 0 aromatic carbocycles. The molecule has 1 saturated heterocycles. The van der Waals surface area contributed by atoms with Crippen LogP contribution in [0.3, 0.4) is 0 Å². The van der Waals surface area contributed by atoms with Crippen LogP contribution in [0.5, 0.6) is 0 Å². The quantitative estimate of drug-likeness (QED) is 0.444. The van der Waals surface area contributed by atoms with Crippen LogP contribution in [0, 0.1) is 5.92 Å². The Morgan fingerprint density at radius 2 is 1.33 bits per heavy atom. The second-order valence-corrected chi connectivity index (χ2v) is 6.40. The van der Waals surface area contributed by atoms with Crippen LogP contribution in [0.4, 0.5) is 0 Å². The minimum atomic E-state index is -1.44. The van der Waals surface area contributed by atoms with Gasteiger partial charge in [-0.05, 0) is 5.92 Å². The van der Waals surface area contributed by atoms with Crippen LogP contribution < -0.4 is 0 Å². The predicted molar refractivity (Wildman–Crippen MR) is 88.1 cm³/mol. The number of carbonyl (C=O) groups is 4. The molecule has 0 radical (unpaired) electrons. The van der Waals surface area contributed by atoms with Gasteiger partial charge in [0.15, 0.2) is 30.7 Å². The molecule has 10 nitrogen and oxygen atoms in total. The molecule has 1 heterocycles. The minimum Gasteiger partial charge on any atom is -0.467 e. The van der Waals surface area contributed by atoms with Crippen molar-refractivity contribution in [2.45, 2.75) is 65.3 Å². The van der Waals surface area contributed by atoms with Gasteiger partial charge in [-0.15, -0.1) is 0 Å². The van der Waals surface area contributed by atoms with Gasteiger partial charge in [-0.25, -0.2) is 4.79 Å². The molecule has 27 heavy (non-hydrogen) atoms. The summed E-state index contributed by atoms with van der Waals surface area (Å²) in [7, 11) is 1.12. The Morgan fingerprint density at radius 1 is 0.852 bits per heavy atom. The summed E-state index contributed by atoms with van der Waals surface area (Å²) in [5.41, 5.74) is 0. The zero-order chi connectivity index (χ0) is 20.7. The van der Waals surface area contributed by atoms with Gasteiger partial charge < -0.3 is 28.4 Å². The Labute approximate surface area is 157 Å². The molecule has 0 amide bonds. The Balaban J connectivity index is 3.31. The first-order valence-electron chi connectivity index (χ1n) is 8.43. The molecule has 5 unspecified atom stereocenters. The second kappa shape index (κ2) is 10.2. The molecule has 154 valence electrons. The fourth-order valence-electron chi connectivity index (χ4n) is 2.50. The molecule has 0 spiro atoms. The highest BCUT2D eigenvalue weighted by atomic mass is 16.7. The lowest BCUT2D eigenvalue weighted by atomic mass is 9.97. The highest BCUT2D eigenvalue weighted by Crippen LogP contribution is 2.30. The van der Waals surface area contributed by atoms with E-state index in [9.17, 15) is 19.2 Å². The predicted octanol–water partition coefficient (Wildman–Crippen LogP) is 0.352. The first-order valence-corrected chi connectivity index (χ1v) is 8.43. The van der Waals surface area contributed by atoms with E-state index in [1.54, 1.807) is 0 Å². The largest absolute Gasteiger partial charge is 0.467 e. The Morgan fingerprint density at radius 3 is 1.78 bits per heavy atom. The maximum absolute atomic E-state index is 12.2. The summed E-state index contributed by atoms with van der Waals surface area (Å²) in [6, 6.07) is 0. The zero-order valence-corrected chi connectivity index (χ0v) is 16.3. The van der Waals surface area contributed by atoms with E-state index in [0.717, 1.165) is 27.9 Å². The molecule has 1 aliphatic heterocycles. The van der Waals surface area contributed by atoms with Crippen molar-refractivity contribution in [3.05, 3.63) is 0 Å². The van der Waals surface area contributed by atoms with E-state index in [0.29, 0.717) is 0 Å². The van der Waals surface area contributed by atoms with E-state index in [4.69, 9.17) is 23.7 Å². The number of hydrogen-bond acceptors (Lipinski definition) is 10. The normalized spacial score (nSPS) is 27.6. The average Bonchev–Trinajstić information content (AvgIpc) is 2.54. The molecule has 1 aliphatic rings. The third-order valence-electron chi connectivity index (χ3n) is 3.43. The summed E-state index contributed by atoms with van der Waals surface area (Å²) >= 11 is 0. The highest BCUT2D eigenvalue weighted by Gasteiger charge is 2.55. The molecule has 0 saturated carbocycles. The molecule has 1 rings (SSSR count). The number of ether oxygens (including phenoxy) is 6. The molecule has 1 fully saturated rings. The van der Waals surface area contributed by atoms with Crippen molar-refractivity contribution in [3.8, 4) is 0 Å². The summed E-state index contributed by atoms with van der Waals surface area (Å²) in [4.78, 5) is 46.8. The van der Waals surface area contributed by atoms with Gasteiger partial charge >= 0.3 is 23.9 Å². The van der Waals surface area contributed by atoms with Crippen LogP contribution in [0.15, 0.2) is 0 Å².